The number of ether oxygens (including phenoxy) is 6. The Hall–Kier alpha value is -5.77. The SMILES string of the molecule is CCc1c(OCc2ccccc2)cc(OCc2ccccc2)c(-c2cccc(C(=O)O)c2)c1CC1O[C@@H](OCc2ccccc2)[C@H](OCc2ccccc2)O1. The van der Waals surface area contributed by atoms with Crippen molar-refractivity contribution in [3.8, 4) is 22.6 Å². The van der Waals surface area contributed by atoms with Crippen molar-refractivity contribution in [1.82, 2.24) is 0 Å². The first-order chi connectivity index (χ1) is 27.0. The molecular weight excluding hydrogens is 693 g/mol. The summed E-state index contributed by atoms with van der Waals surface area (Å²) in [5.41, 5.74) is 7.38. The highest BCUT2D eigenvalue weighted by atomic mass is 16.9. The van der Waals surface area contributed by atoms with Crippen LogP contribution < -0.4 is 9.47 Å². The number of carboxylic acid groups (broad SMARTS) is 1. The largest absolute Gasteiger partial charge is 0.488 e. The molecular formula is C47H44O8. The van der Waals surface area contributed by atoms with Crippen molar-refractivity contribution in [3.05, 3.63) is 191 Å². The average Bonchev–Trinajstić information content (AvgIpc) is 3.63. The van der Waals surface area contributed by atoms with Crippen molar-refractivity contribution in [1.29, 1.82) is 0 Å². The predicted octanol–water partition coefficient (Wildman–Crippen LogP) is 9.77. The quantitative estimate of drug-likeness (QED) is 0.0990. The molecule has 1 aliphatic rings. The van der Waals surface area contributed by atoms with Crippen molar-refractivity contribution < 1.29 is 38.3 Å². The fourth-order valence-corrected chi connectivity index (χ4v) is 6.64. The second kappa shape index (κ2) is 18.5. The maximum absolute atomic E-state index is 12.2. The summed E-state index contributed by atoms with van der Waals surface area (Å²) in [5, 5.41) is 10.0. The zero-order chi connectivity index (χ0) is 37.8. The van der Waals surface area contributed by atoms with Crippen molar-refractivity contribution in [2.45, 2.75) is 65.1 Å². The molecule has 1 N–H and O–H groups in total. The summed E-state index contributed by atoms with van der Waals surface area (Å²) in [7, 11) is 0. The first-order valence-corrected chi connectivity index (χ1v) is 18.5. The van der Waals surface area contributed by atoms with Gasteiger partial charge < -0.3 is 33.5 Å². The van der Waals surface area contributed by atoms with Gasteiger partial charge in [0.25, 0.3) is 0 Å². The number of carboxylic acids is 1. The molecule has 280 valence electrons. The Labute approximate surface area is 321 Å². The van der Waals surface area contributed by atoms with Gasteiger partial charge in [-0.2, -0.15) is 0 Å². The van der Waals surface area contributed by atoms with E-state index in [-0.39, 0.29) is 18.6 Å². The molecule has 7 rings (SSSR count). The first kappa shape index (κ1) is 37.5. The van der Waals surface area contributed by atoms with Crippen LogP contribution >= 0.6 is 0 Å². The minimum absolute atomic E-state index is 0.164. The summed E-state index contributed by atoms with van der Waals surface area (Å²) in [6, 6.07) is 48.5. The number of hydrogen-bond acceptors (Lipinski definition) is 7. The lowest BCUT2D eigenvalue weighted by Gasteiger charge is -2.24. The Morgan fingerprint density at radius 3 is 1.51 bits per heavy atom. The highest BCUT2D eigenvalue weighted by molar-refractivity contribution is 5.90. The Kier molecular flexibility index (Phi) is 12.6. The number of carbonyl (C=O) groups is 1. The van der Waals surface area contributed by atoms with E-state index in [0.29, 0.717) is 43.3 Å². The van der Waals surface area contributed by atoms with E-state index in [9.17, 15) is 9.90 Å². The summed E-state index contributed by atoms with van der Waals surface area (Å²) in [4.78, 5) is 12.2. The molecule has 1 fully saturated rings. The number of benzene rings is 6. The number of hydrogen-bond donors (Lipinski definition) is 1. The van der Waals surface area contributed by atoms with Gasteiger partial charge in [0, 0.05) is 18.1 Å². The van der Waals surface area contributed by atoms with Gasteiger partial charge in [0.05, 0.1) is 18.8 Å². The van der Waals surface area contributed by atoms with E-state index in [0.717, 1.165) is 38.9 Å². The van der Waals surface area contributed by atoms with Gasteiger partial charge in [-0.1, -0.05) is 140 Å². The second-order valence-electron chi connectivity index (χ2n) is 13.2. The predicted molar refractivity (Wildman–Crippen MR) is 209 cm³/mol. The fraction of sp³-hybridized carbons (Fsp3) is 0.213. The van der Waals surface area contributed by atoms with Crippen LogP contribution in [0.4, 0.5) is 0 Å². The minimum Gasteiger partial charge on any atom is -0.488 e. The molecule has 8 nitrogen and oxygen atoms in total. The van der Waals surface area contributed by atoms with Gasteiger partial charge in [0.1, 0.15) is 24.7 Å². The normalized spacial score (nSPS) is 15.5. The van der Waals surface area contributed by atoms with Crippen LogP contribution in [-0.2, 0) is 58.2 Å². The molecule has 55 heavy (non-hydrogen) atoms. The van der Waals surface area contributed by atoms with Gasteiger partial charge in [0.2, 0.25) is 12.6 Å². The molecule has 6 aromatic carbocycles. The molecule has 1 heterocycles. The van der Waals surface area contributed by atoms with Crippen LogP contribution in [0.1, 0.15) is 50.7 Å². The molecule has 0 bridgehead atoms. The topological polar surface area (TPSA) is 92.7 Å². The third-order valence-corrected chi connectivity index (χ3v) is 9.38. The molecule has 1 aliphatic heterocycles. The zero-order valence-corrected chi connectivity index (χ0v) is 30.7. The highest BCUT2D eigenvalue weighted by Crippen LogP contribution is 2.43. The van der Waals surface area contributed by atoms with Gasteiger partial charge in [-0.15, -0.1) is 0 Å². The van der Waals surface area contributed by atoms with Crippen molar-refractivity contribution in [3.63, 3.8) is 0 Å². The first-order valence-electron chi connectivity index (χ1n) is 18.5. The summed E-state index contributed by atoms with van der Waals surface area (Å²) in [5.74, 6) is 0.190. The van der Waals surface area contributed by atoms with Gasteiger partial charge in [-0.25, -0.2) is 4.79 Å². The molecule has 0 spiro atoms. The second-order valence-corrected chi connectivity index (χ2v) is 13.2. The van der Waals surface area contributed by atoms with Gasteiger partial charge in [-0.05, 0) is 57.5 Å². The summed E-state index contributed by atoms with van der Waals surface area (Å²) < 4.78 is 38.9. The molecule has 0 radical (unpaired) electrons. The van der Waals surface area contributed by atoms with Gasteiger partial charge in [0.15, 0.2) is 6.29 Å². The Morgan fingerprint density at radius 1 is 0.564 bits per heavy atom. The lowest BCUT2D eigenvalue weighted by atomic mass is 9.89. The van der Waals surface area contributed by atoms with Crippen LogP contribution in [0.3, 0.4) is 0 Å². The summed E-state index contributed by atoms with van der Waals surface area (Å²) in [6.07, 6.45) is -1.53. The van der Waals surface area contributed by atoms with E-state index in [1.54, 1.807) is 18.2 Å². The Bertz CT molecular complexity index is 2070. The minimum atomic E-state index is -1.02. The molecule has 6 aromatic rings. The smallest absolute Gasteiger partial charge is 0.335 e. The van der Waals surface area contributed by atoms with Crippen LogP contribution in [0.15, 0.2) is 152 Å². The van der Waals surface area contributed by atoms with E-state index in [1.165, 1.54) is 0 Å². The monoisotopic (exact) mass is 736 g/mol. The summed E-state index contributed by atoms with van der Waals surface area (Å²) >= 11 is 0. The lowest BCUT2D eigenvalue weighted by molar-refractivity contribution is -0.200. The molecule has 0 amide bonds. The van der Waals surface area contributed by atoms with E-state index in [4.69, 9.17) is 28.4 Å². The van der Waals surface area contributed by atoms with Crippen LogP contribution in [0.2, 0.25) is 0 Å². The molecule has 0 unspecified atom stereocenters. The molecule has 0 aliphatic carbocycles. The van der Waals surface area contributed by atoms with Crippen molar-refractivity contribution in [2.24, 2.45) is 0 Å². The van der Waals surface area contributed by atoms with Gasteiger partial charge in [-0.3, -0.25) is 0 Å². The average molecular weight is 737 g/mol. The Morgan fingerprint density at radius 2 is 1.04 bits per heavy atom. The van der Waals surface area contributed by atoms with Gasteiger partial charge >= 0.3 is 5.97 Å². The molecule has 8 heteroatoms. The van der Waals surface area contributed by atoms with E-state index in [1.807, 2.05) is 133 Å². The molecule has 1 saturated heterocycles. The lowest BCUT2D eigenvalue weighted by Crippen LogP contribution is -2.28. The fourth-order valence-electron chi connectivity index (χ4n) is 6.64. The van der Waals surface area contributed by atoms with E-state index in [2.05, 4.69) is 6.92 Å². The molecule has 0 saturated carbocycles. The van der Waals surface area contributed by atoms with Crippen molar-refractivity contribution in [2.75, 3.05) is 0 Å². The van der Waals surface area contributed by atoms with E-state index < -0.39 is 24.8 Å². The van der Waals surface area contributed by atoms with E-state index >= 15 is 0 Å². The highest BCUT2D eigenvalue weighted by Gasteiger charge is 2.39. The standard InChI is InChI=1S/C47H44O8/c1-2-39-40(27-43-54-46(52-31-35-20-11-5-12-21-35)47(55-43)53-32-36-22-13-6-14-23-36)44(37-24-15-25-38(26-37)45(48)49)42(51-30-34-18-9-4-10-19-34)28-41(39)50-29-33-16-7-3-8-17-33/h3-26,28,43,46-47H,2,27,29-32H2,1H3,(H,48,49)/t46-,47-/m1/s1. The van der Waals surface area contributed by atoms with Crippen molar-refractivity contribution >= 4 is 5.97 Å². The summed E-state index contributed by atoms with van der Waals surface area (Å²) in [6.45, 7) is 3.32. The number of aromatic carboxylic acids is 1. The number of rotatable bonds is 17. The Balaban J connectivity index is 1.27. The van der Waals surface area contributed by atoms with Crippen LogP contribution in [-0.4, -0.2) is 29.9 Å². The zero-order valence-electron chi connectivity index (χ0n) is 30.7. The van der Waals surface area contributed by atoms with Crippen LogP contribution in [0.5, 0.6) is 11.5 Å². The maximum atomic E-state index is 12.2. The third-order valence-electron chi connectivity index (χ3n) is 9.38. The van der Waals surface area contributed by atoms with Crippen LogP contribution in [0, 0.1) is 0 Å². The molecule has 2 atom stereocenters. The molecule has 0 aromatic heterocycles. The van der Waals surface area contributed by atoms with Crippen LogP contribution in [0.25, 0.3) is 11.1 Å². The maximum Gasteiger partial charge on any atom is 0.335 e. The third kappa shape index (κ3) is 9.86.